The molecule has 1 unspecified atom stereocenters. The van der Waals surface area contributed by atoms with Crippen LogP contribution in [0.1, 0.15) is 18.3 Å². The van der Waals surface area contributed by atoms with Crippen LogP contribution in [0.25, 0.3) is 11.0 Å². The highest BCUT2D eigenvalue weighted by Gasteiger charge is 2.15. The maximum atomic E-state index is 4.45. The first-order valence-electron chi connectivity index (χ1n) is 8.19. The zero-order chi connectivity index (χ0) is 15.5. The molecule has 0 saturated carbocycles. The molecule has 0 aliphatic carbocycles. The summed E-state index contributed by atoms with van der Waals surface area (Å²) in [5.74, 6) is 0.976. The summed E-state index contributed by atoms with van der Waals surface area (Å²) in [6, 6.07) is 6.96. The van der Waals surface area contributed by atoms with E-state index in [2.05, 4.69) is 57.3 Å². The van der Waals surface area contributed by atoms with Gasteiger partial charge in [0.1, 0.15) is 5.82 Å². The minimum atomic E-state index is 0.502. The Hall–Kier alpha value is -1.43. The van der Waals surface area contributed by atoms with Crippen LogP contribution in [0.3, 0.4) is 0 Å². The van der Waals surface area contributed by atoms with E-state index in [0.717, 1.165) is 29.9 Å². The number of hydrogen-bond acceptors (Lipinski definition) is 4. The van der Waals surface area contributed by atoms with E-state index >= 15 is 0 Å². The lowest BCUT2D eigenvalue weighted by molar-refractivity contribution is 0.144. The maximum Gasteiger partial charge on any atom is 0.104 e. The van der Waals surface area contributed by atoms with E-state index in [9.17, 15) is 0 Å². The van der Waals surface area contributed by atoms with Crippen LogP contribution in [0.2, 0.25) is 0 Å². The summed E-state index contributed by atoms with van der Waals surface area (Å²) in [6.45, 7) is 11.0. The second kappa shape index (κ2) is 6.77. The number of aryl methyl sites for hydroxylation is 1. The molecule has 2 heterocycles. The van der Waals surface area contributed by atoms with Crippen molar-refractivity contribution >= 4 is 11.0 Å². The van der Waals surface area contributed by atoms with Crippen molar-refractivity contribution in [2.24, 2.45) is 0 Å². The molecule has 0 spiro atoms. The summed E-state index contributed by atoms with van der Waals surface area (Å²) in [4.78, 5) is 12.7. The summed E-state index contributed by atoms with van der Waals surface area (Å²) in [6.07, 6.45) is 0. The first kappa shape index (κ1) is 15.5. The van der Waals surface area contributed by atoms with Gasteiger partial charge in [0.25, 0.3) is 0 Å². The van der Waals surface area contributed by atoms with Crippen LogP contribution in [-0.2, 0) is 6.54 Å². The molecule has 120 valence electrons. The van der Waals surface area contributed by atoms with E-state index in [1.54, 1.807) is 0 Å². The predicted octanol–water partition coefficient (Wildman–Crippen LogP) is 1.60. The number of imidazole rings is 1. The summed E-state index contributed by atoms with van der Waals surface area (Å²) < 4.78 is 0. The van der Waals surface area contributed by atoms with Gasteiger partial charge in [0, 0.05) is 45.3 Å². The first-order chi connectivity index (χ1) is 10.6. The van der Waals surface area contributed by atoms with E-state index in [4.69, 9.17) is 0 Å². The standard InChI is InChI=1S/C17H27N5/c1-13(12-22-8-6-21(3)7-9-22)18-11-15-4-5-16-17(10-15)20-14(2)19-16/h4-5,10,13,18H,6-9,11-12H2,1-3H3,(H,19,20). The van der Waals surface area contributed by atoms with Gasteiger partial charge in [-0.15, -0.1) is 0 Å². The molecule has 0 bridgehead atoms. The number of nitrogens with one attached hydrogen (secondary N) is 2. The van der Waals surface area contributed by atoms with Crippen molar-refractivity contribution in [2.45, 2.75) is 26.4 Å². The third-order valence-electron chi connectivity index (χ3n) is 4.45. The molecule has 3 rings (SSSR count). The molecule has 1 atom stereocenters. The van der Waals surface area contributed by atoms with Crippen LogP contribution in [0, 0.1) is 6.92 Å². The van der Waals surface area contributed by atoms with Crippen LogP contribution in [-0.4, -0.2) is 65.6 Å². The van der Waals surface area contributed by atoms with Crippen molar-refractivity contribution in [1.29, 1.82) is 0 Å². The number of nitrogens with zero attached hydrogens (tertiary/aromatic N) is 3. The molecule has 1 aromatic heterocycles. The summed E-state index contributed by atoms with van der Waals surface area (Å²) in [5, 5.41) is 3.64. The van der Waals surface area contributed by atoms with Gasteiger partial charge in [-0.1, -0.05) is 6.07 Å². The Morgan fingerprint density at radius 2 is 2.05 bits per heavy atom. The largest absolute Gasteiger partial charge is 0.342 e. The summed E-state index contributed by atoms with van der Waals surface area (Å²) in [7, 11) is 2.20. The van der Waals surface area contributed by atoms with Crippen molar-refractivity contribution in [3.8, 4) is 0 Å². The second-order valence-electron chi connectivity index (χ2n) is 6.56. The molecule has 2 N–H and O–H groups in total. The fourth-order valence-corrected chi connectivity index (χ4v) is 3.07. The monoisotopic (exact) mass is 301 g/mol. The lowest BCUT2D eigenvalue weighted by atomic mass is 10.2. The predicted molar refractivity (Wildman–Crippen MR) is 91.1 cm³/mol. The fourth-order valence-electron chi connectivity index (χ4n) is 3.07. The minimum absolute atomic E-state index is 0.502. The van der Waals surface area contributed by atoms with Gasteiger partial charge in [-0.2, -0.15) is 0 Å². The number of rotatable bonds is 5. The number of benzene rings is 1. The van der Waals surface area contributed by atoms with Gasteiger partial charge in [-0.25, -0.2) is 4.98 Å². The van der Waals surface area contributed by atoms with Gasteiger partial charge in [0.05, 0.1) is 11.0 Å². The smallest absolute Gasteiger partial charge is 0.104 e. The van der Waals surface area contributed by atoms with Gasteiger partial charge >= 0.3 is 0 Å². The van der Waals surface area contributed by atoms with E-state index in [0.29, 0.717) is 6.04 Å². The van der Waals surface area contributed by atoms with Gasteiger partial charge in [0.2, 0.25) is 0 Å². The first-order valence-corrected chi connectivity index (χ1v) is 8.19. The van der Waals surface area contributed by atoms with Gasteiger partial charge in [0.15, 0.2) is 0 Å². The number of hydrogen-bond donors (Lipinski definition) is 2. The maximum absolute atomic E-state index is 4.45. The minimum Gasteiger partial charge on any atom is -0.342 e. The van der Waals surface area contributed by atoms with Crippen LogP contribution < -0.4 is 5.32 Å². The number of aromatic amines is 1. The zero-order valence-electron chi connectivity index (χ0n) is 13.9. The Balaban J connectivity index is 1.50. The molecule has 5 nitrogen and oxygen atoms in total. The van der Waals surface area contributed by atoms with Crippen molar-refractivity contribution < 1.29 is 0 Å². The second-order valence-corrected chi connectivity index (χ2v) is 6.56. The highest BCUT2D eigenvalue weighted by molar-refractivity contribution is 5.75. The van der Waals surface area contributed by atoms with Crippen LogP contribution in [0.4, 0.5) is 0 Å². The highest BCUT2D eigenvalue weighted by atomic mass is 15.3. The quantitative estimate of drug-likeness (QED) is 0.880. The Kier molecular flexibility index (Phi) is 4.76. The van der Waals surface area contributed by atoms with Gasteiger partial charge in [-0.3, -0.25) is 4.90 Å². The van der Waals surface area contributed by atoms with E-state index in [1.807, 2.05) is 6.92 Å². The Morgan fingerprint density at radius 3 is 2.82 bits per heavy atom. The molecular weight excluding hydrogens is 274 g/mol. The SMILES string of the molecule is Cc1nc2ccc(CNC(C)CN3CCN(C)CC3)cc2[nH]1. The Labute approximate surface area is 132 Å². The van der Waals surface area contributed by atoms with Crippen molar-refractivity contribution in [2.75, 3.05) is 39.8 Å². The van der Waals surface area contributed by atoms with Crippen LogP contribution >= 0.6 is 0 Å². The average molecular weight is 301 g/mol. The fraction of sp³-hybridized carbons (Fsp3) is 0.588. The van der Waals surface area contributed by atoms with Crippen molar-refractivity contribution in [1.82, 2.24) is 25.1 Å². The summed E-state index contributed by atoms with van der Waals surface area (Å²) in [5.41, 5.74) is 3.48. The number of fused-ring (bicyclic) bond motifs is 1. The molecular formula is C17H27N5. The van der Waals surface area contributed by atoms with Crippen LogP contribution in [0.15, 0.2) is 18.2 Å². The normalized spacial score (nSPS) is 18.9. The van der Waals surface area contributed by atoms with E-state index in [-0.39, 0.29) is 0 Å². The van der Waals surface area contributed by atoms with Gasteiger partial charge in [-0.05, 0) is 38.6 Å². The third kappa shape index (κ3) is 3.85. The van der Waals surface area contributed by atoms with Crippen molar-refractivity contribution in [3.05, 3.63) is 29.6 Å². The molecule has 1 aliphatic heterocycles. The highest BCUT2D eigenvalue weighted by Crippen LogP contribution is 2.13. The molecule has 22 heavy (non-hydrogen) atoms. The molecule has 1 aliphatic rings. The van der Waals surface area contributed by atoms with Crippen molar-refractivity contribution in [3.63, 3.8) is 0 Å². The lowest BCUT2D eigenvalue weighted by Crippen LogP contribution is -2.48. The Bertz CT molecular complexity index is 613. The molecule has 2 aromatic rings. The topological polar surface area (TPSA) is 47.2 Å². The van der Waals surface area contributed by atoms with E-state index in [1.165, 1.54) is 31.7 Å². The molecule has 1 fully saturated rings. The molecule has 1 aromatic carbocycles. The third-order valence-corrected chi connectivity index (χ3v) is 4.45. The zero-order valence-corrected chi connectivity index (χ0v) is 13.9. The number of piperazine rings is 1. The van der Waals surface area contributed by atoms with E-state index < -0.39 is 0 Å². The Morgan fingerprint density at radius 1 is 1.27 bits per heavy atom. The average Bonchev–Trinajstić information content (AvgIpc) is 2.87. The van der Waals surface area contributed by atoms with Gasteiger partial charge < -0.3 is 15.2 Å². The van der Waals surface area contributed by atoms with Crippen LogP contribution in [0.5, 0.6) is 0 Å². The number of H-pyrrole nitrogens is 1. The summed E-state index contributed by atoms with van der Waals surface area (Å²) >= 11 is 0. The lowest BCUT2D eigenvalue weighted by Gasteiger charge is -2.34. The number of likely N-dealkylation sites (N-methyl/N-ethyl adjacent to an activating group) is 1. The number of aromatic nitrogens is 2. The molecule has 0 radical (unpaired) electrons. The molecule has 5 heteroatoms. The molecule has 0 amide bonds. The molecule has 1 saturated heterocycles.